The van der Waals surface area contributed by atoms with Gasteiger partial charge < -0.3 is 21.1 Å². The number of amides is 1. The topological polar surface area (TPSA) is 89.3 Å². The third kappa shape index (κ3) is 3.04. The largest absolute Gasteiger partial charge is 0.382 e. The standard InChI is InChI=1S/C13H20N4O2S/c14-11-10(12(18)15-7-9-5-2-6-19-9)20-13(17-11)16-8-3-1-4-8/h8-9H,1-7,14H2,(H,15,18)(H,16,17). The number of anilines is 2. The molecule has 20 heavy (non-hydrogen) atoms. The molecule has 1 aliphatic heterocycles. The molecular weight excluding hydrogens is 276 g/mol. The van der Waals surface area contributed by atoms with Gasteiger partial charge in [-0.25, -0.2) is 4.98 Å². The fourth-order valence-electron chi connectivity index (χ4n) is 2.38. The second kappa shape index (κ2) is 5.97. The Morgan fingerprint density at radius 2 is 2.25 bits per heavy atom. The molecule has 1 unspecified atom stereocenters. The molecule has 0 spiro atoms. The summed E-state index contributed by atoms with van der Waals surface area (Å²) in [7, 11) is 0. The smallest absolute Gasteiger partial charge is 0.265 e. The molecule has 0 aromatic carbocycles. The van der Waals surface area contributed by atoms with Crippen LogP contribution < -0.4 is 16.4 Å². The number of hydrogen-bond acceptors (Lipinski definition) is 6. The predicted octanol–water partition coefficient (Wildman–Crippen LogP) is 1.60. The van der Waals surface area contributed by atoms with E-state index in [1.165, 1.54) is 30.6 Å². The van der Waals surface area contributed by atoms with Crippen LogP contribution in [0.4, 0.5) is 10.9 Å². The molecule has 1 saturated carbocycles. The highest BCUT2D eigenvalue weighted by Crippen LogP contribution is 2.29. The van der Waals surface area contributed by atoms with Crippen molar-refractivity contribution in [2.24, 2.45) is 0 Å². The van der Waals surface area contributed by atoms with Crippen LogP contribution in [0.2, 0.25) is 0 Å². The van der Waals surface area contributed by atoms with E-state index in [4.69, 9.17) is 10.5 Å². The van der Waals surface area contributed by atoms with Crippen LogP contribution in [0.3, 0.4) is 0 Å². The molecule has 1 saturated heterocycles. The Kier molecular flexibility index (Phi) is 4.07. The first kappa shape index (κ1) is 13.6. The average molecular weight is 296 g/mol. The van der Waals surface area contributed by atoms with E-state index in [0.717, 1.165) is 24.6 Å². The van der Waals surface area contributed by atoms with Gasteiger partial charge in [-0.05, 0) is 32.1 Å². The van der Waals surface area contributed by atoms with Gasteiger partial charge in [0.2, 0.25) is 0 Å². The van der Waals surface area contributed by atoms with Gasteiger partial charge in [0.25, 0.3) is 5.91 Å². The van der Waals surface area contributed by atoms with Crippen molar-refractivity contribution in [1.82, 2.24) is 10.3 Å². The Morgan fingerprint density at radius 1 is 1.40 bits per heavy atom. The Hall–Kier alpha value is -1.34. The van der Waals surface area contributed by atoms with E-state index < -0.39 is 0 Å². The van der Waals surface area contributed by atoms with Crippen molar-refractivity contribution in [3.8, 4) is 0 Å². The van der Waals surface area contributed by atoms with Crippen LogP contribution in [0.1, 0.15) is 41.8 Å². The van der Waals surface area contributed by atoms with E-state index in [1.807, 2.05) is 0 Å². The number of carbonyl (C=O) groups excluding carboxylic acids is 1. The van der Waals surface area contributed by atoms with Crippen LogP contribution >= 0.6 is 11.3 Å². The molecule has 2 fully saturated rings. The lowest BCUT2D eigenvalue weighted by Crippen LogP contribution is -2.31. The second-order valence-corrected chi connectivity index (χ2v) is 6.35. The summed E-state index contributed by atoms with van der Waals surface area (Å²) in [6.45, 7) is 1.33. The number of nitrogens with two attached hydrogens (primary N) is 1. The molecule has 3 rings (SSSR count). The Bertz CT molecular complexity index is 481. The maximum absolute atomic E-state index is 12.1. The van der Waals surface area contributed by atoms with Crippen LogP contribution in [-0.2, 0) is 4.74 Å². The van der Waals surface area contributed by atoms with Crippen LogP contribution in [-0.4, -0.2) is 36.2 Å². The average Bonchev–Trinajstić information content (AvgIpc) is 3.00. The van der Waals surface area contributed by atoms with Crippen molar-refractivity contribution in [3.63, 3.8) is 0 Å². The molecule has 6 nitrogen and oxygen atoms in total. The molecule has 1 amide bonds. The highest BCUT2D eigenvalue weighted by molar-refractivity contribution is 7.18. The number of carbonyl (C=O) groups is 1. The molecule has 1 atom stereocenters. The molecule has 110 valence electrons. The number of rotatable bonds is 5. The van der Waals surface area contributed by atoms with E-state index in [9.17, 15) is 4.79 Å². The van der Waals surface area contributed by atoms with E-state index in [2.05, 4.69) is 15.6 Å². The van der Waals surface area contributed by atoms with Gasteiger partial charge >= 0.3 is 0 Å². The van der Waals surface area contributed by atoms with Crippen molar-refractivity contribution in [1.29, 1.82) is 0 Å². The summed E-state index contributed by atoms with van der Waals surface area (Å²) < 4.78 is 5.48. The van der Waals surface area contributed by atoms with Crippen LogP contribution in [0, 0.1) is 0 Å². The summed E-state index contributed by atoms with van der Waals surface area (Å²) in [6.07, 6.45) is 5.81. The first-order chi connectivity index (χ1) is 9.72. The number of nitrogen functional groups attached to an aromatic ring is 1. The lowest BCUT2D eigenvalue weighted by molar-refractivity contribution is 0.0861. The lowest BCUT2D eigenvalue weighted by Gasteiger charge is -2.25. The van der Waals surface area contributed by atoms with Crippen molar-refractivity contribution in [3.05, 3.63) is 4.88 Å². The number of hydrogen-bond donors (Lipinski definition) is 3. The van der Waals surface area contributed by atoms with E-state index >= 15 is 0 Å². The number of nitrogens with zero attached hydrogens (tertiary/aromatic N) is 1. The monoisotopic (exact) mass is 296 g/mol. The maximum atomic E-state index is 12.1. The van der Waals surface area contributed by atoms with E-state index in [1.54, 1.807) is 0 Å². The Balaban J connectivity index is 1.55. The third-order valence-electron chi connectivity index (χ3n) is 3.81. The van der Waals surface area contributed by atoms with Gasteiger partial charge in [-0.1, -0.05) is 11.3 Å². The van der Waals surface area contributed by atoms with Gasteiger partial charge in [0.15, 0.2) is 5.13 Å². The molecule has 0 bridgehead atoms. The highest BCUT2D eigenvalue weighted by Gasteiger charge is 2.22. The third-order valence-corrected chi connectivity index (χ3v) is 4.81. The molecule has 1 aromatic heterocycles. The SMILES string of the molecule is Nc1nc(NC2CCC2)sc1C(=O)NCC1CCCO1. The Morgan fingerprint density at radius 3 is 2.90 bits per heavy atom. The quantitative estimate of drug-likeness (QED) is 0.768. The zero-order chi connectivity index (χ0) is 13.9. The zero-order valence-electron chi connectivity index (χ0n) is 11.4. The summed E-state index contributed by atoms with van der Waals surface area (Å²) in [5, 5.41) is 6.93. The number of aromatic nitrogens is 1. The minimum Gasteiger partial charge on any atom is -0.382 e. The van der Waals surface area contributed by atoms with Crippen molar-refractivity contribution in [2.75, 3.05) is 24.2 Å². The molecule has 2 aliphatic rings. The summed E-state index contributed by atoms with van der Waals surface area (Å²) in [6, 6.07) is 0.489. The fraction of sp³-hybridized carbons (Fsp3) is 0.692. The van der Waals surface area contributed by atoms with Gasteiger partial charge in [-0.3, -0.25) is 4.79 Å². The van der Waals surface area contributed by atoms with Gasteiger partial charge in [0.1, 0.15) is 10.7 Å². The van der Waals surface area contributed by atoms with Gasteiger partial charge in [0, 0.05) is 19.2 Å². The van der Waals surface area contributed by atoms with Crippen molar-refractivity contribution < 1.29 is 9.53 Å². The van der Waals surface area contributed by atoms with Crippen LogP contribution in [0.5, 0.6) is 0 Å². The molecule has 7 heteroatoms. The normalized spacial score (nSPS) is 22.5. The first-order valence-electron chi connectivity index (χ1n) is 7.15. The van der Waals surface area contributed by atoms with Crippen molar-refractivity contribution >= 4 is 28.2 Å². The van der Waals surface area contributed by atoms with Gasteiger partial charge in [0.05, 0.1) is 6.10 Å². The highest BCUT2D eigenvalue weighted by atomic mass is 32.1. The second-order valence-electron chi connectivity index (χ2n) is 5.35. The molecule has 1 aromatic rings. The summed E-state index contributed by atoms with van der Waals surface area (Å²) >= 11 is 1.33. The number of thiazole rings is 1. The maximum Gasteiger partial charge on any atom is 0.265 e. The van der Waals surface area contributed by atoms with Crippen LogP contribution in [0.15, 0.2) is 0 Å². The minimum absolute atomic E-state index is 0.140. The molecule has 4 N–H and O–H groups in total. The first-order valence-corrected chi connectivity index (χ1v) is 7.96. The zero-order valence-corrected chi connectivity index (χ0v) is 12.2. The minimum atomic E-state index is -0.155. The van der Waals surface area contributed by atoms with Crippen LogP contribution in [0.25, 0.3) is 0 Å². The van der Waals surface area contributed by atoms with Crippen molar-refractivity contribution in [2.45, 2.75) is 44.2 Å². The summed E-state index contributed by atoms with van der Waals surface area (Å²) in [5.41, 5.74) is 5.83. The van der Waals surface area contributed by atoms with E-state index in [-0.39, 0.29) is 12.0 Å². The molecule has 1 aliphatic carbocycles. The van der Waals surface area contributed by atoms with Gasteiger partial charge in [-0.15, -0.1) is 0 Å². The summed E-state index contributed by atoms with van der Waals surface area (Å²) in [4.78, 5) is 16.8. The molecule has 0 radical (unpaired) electrons. The number of nitrogens with one attached hydrogen (secondary N) is 2. The molecule has 2 heterocycles. The van der Waals surface area contributed by atoms with E-state index in [0.29, 0.717) is 23.3 Å². The Labute approximate surface area is 122 Å². The lowest BCUT2D eigenvalue weighted by atomic mass is 9.93. The van der Waals surface area contributed by atoms with Gasteiger partial charge in [-0.2, -0.15) is 0 Å². The summed E-state index contributed by atoms with van der Waals surface area (Å²) in [5.74, 6) is 0.152. The number of ether oxygens (including phenoxy) is 1. The fourth-order valence-corrected chi connectivity index (χ4v) is 3.25. The molecular formula is C13H20N4O2S. The predicted molar refractivity (Wildman–Crippen MR) is 79.1 cm³/mol.